The van der Waals surface area contributed by atoms with E-state index in [0.29, 0.717) is 31.1 Å². The molecule has 0 aliphatic carbocycles. The number of amides is 2. The molecule has 0 aromatic carbocycles. The molecule has 0 aliphatic heterocycles. The van der Waals surface area contributed by atoms with Gasteiger partial charge in [0.1, 0.15) is 11.5 Å². The molecule has 1 N–H and O–H groups in total. The Labute approximate surface area is 141 Å². The average molecular weight is 330 g/mol. The van der Waals surface area contributed by atoms with E-state index >= 15 is 0 Å². The molecule has 0 fully saturated rings. The van der Waals surface area contributed by atoms with E-state index in [9.17, 15) is 9.59 Å². The molecule has 0 unspecified atom stereocenters. The number of aromatic nitrogens is 2. The standard InChI is InChI=1S/C17H22N4O3/c1-3-7-21(17(23)15-12-18-13(2)10-19-15)8-6-16(22)20-11-14-5-4-9-24-14/h4-5,9-10,12H,3,6-8,11H2,1-2H3,(H,20,22). The Bertz CT molecular complexity index is 653. The Hall–Kier alpha value is -2.70. The van der Waals surface area contributed by atoms with Crippen molar-refractivity contribution in [2.45, 2.75) is 33.2 Å². The van der Waals surface area contributed by atoms with E-state index in [-0.39, 0.29) is 18.2 Å². The van der Waals surface area contributed by atoms with Crippen LogP contribution in [0.4, 0.5) is 0 Å². The lowest BCUT2D eigenvalue weighted by Gasteiger charge is -2.21. The zero-order valence-corrected chi connectivity index (χ0v) is 14.0. The number of hydrogen-bond donors (Lipinski definition) is 1. The molecule has 7 heteroatoms. The van der Waals surface area contributed by atoms with Crippen molar-refractivity contribution in [1.82, 2.24) is 20.2 Å². The van der Waals surface area contributed by atoms with Crippen LogP contribution in [0.1, 0.15) is 41.7 Å². The summed E-state index contributed by atoms with van der Waals surface area (Å²) in [4.78, 5) is 34.3. The molecule has 0 bridgehead atoms. The predicted octanol–water partition coefficient (Wildman–Crippen LogP) is 1.94. The number of hydrogen-bond acceptors (Lipinski definition) is 5. The SMILES string of the molecule is CCCN(CCC(=O)NCc1ccco1)C(=O)c1cnc(C)cn1. The summed E-state index contributed by atoms with van der Waals surface area (Å²) in [5.74, 6) is 0.359. The third kappa shape index (κ3) is 5.19. The smallest absolute Gasteiger partial charge is 0.274 e. The summed E-state index contributed by atoms with van der Waals surface area (Å²) in [6.45, 7) is 5.05. The van der Waals surface area contributed by atoms with Crippen molar-refractivity contribution in [3.05, 3.63) is 47.9 Å². The van der Waals surface area contributed by atoms with E-state index in [1.165, 1.54) is 6.20 Å². The van der Waals surface area contributed by atoms with Crippen molar-refractivity contribution in [2.75, 3.05) is 13.1 Å². The molecular formula is C17H22N4O3. The molecule has 2 aromatic rings. The van der Waals surface area contributed by atoms with Crippen LogP contribution in [0.15, 0.2) is 35.2 Å². The van der Waals surface area contributed by atoms with Gasteiger partial charge in [-0.2, -0.15) is 0 Å². The lowest BCUT2D eigenvalue weighted by Crippen LogP contribution is -2.36. The lowest BCUT2D eigenvalue weighted by molar-refractivity contribution is -0.121. The van der Waals surface area contributed by atoms with E-state index < -0.39 is 0 Å². The van der Waals surface area contributed by atoms with Gasteiger partial charge in [-0.3, -0.25) is 14.6 Å². The first-order chi connectivity index (χ1) is 11.6. The van der Waals surface area contributed by atoms with Crippen LogP contribution in [0.5, 0.6) is 0 Å². The van der Waals surface area contributed by atoms with Crippen LogP contribution in [0.3, 0.4) is 0 Å². The number of carbonyl (C=O) groups excluding carboxylic acids is 2. The first-order valence-electron chi connectivity index (χ1n) is 7.97. The van der Waals surface area contributed by atoms with Gasteiger partial charge in [0.2, 0.25) is 5.91 Å². The molecule has 0 spiro atoms. The number of rotatable bonds is 8. The van der Waals surface area contributed by atoms with Crippen molar-refractivity contribution in [2.24, 2.45) is 0 Å². The molecule has 128 valence electrons. The van der Waals surface area contributed by atoms with E-state index in [1.54, 1.807) is 29.5 Å². The normalized spacial score (nSPS) is 10.4. The molecule has 2 heterocycles. The Morgan fingerprint density at radius 1 is 1.25 bits per heavy atom. The Balaban J connectivity index is 1.86. The highest BCUT2D eigenvalue weighted by Gasteiger charge is 2.17. The van der Waals surface area contributed by atoms with Gasteiger partial charge in [-0.05, 0) is 25.5 Å². The highest BCUT2D eigenvalue weighted by atomic mass is 16.3. The maximum Gasteiger partial charge on any atom is 0.274 e. The van der Waals surface area contributed by atoms with Gasteiger partial charge in [0.15, 0.2) is 0 Å². The highest BCUT2D eigenvalue weighted by molar-refractivity contribution is 5.92. The highest BCUT2D eigenvalue weighted by Crippen LogP contribution is 2.04. The molecule has 0 radical (unpaired) electrons. The van der Waals surface area contributed by atoms with Gasteiger partial charge >= 0.3 is 0 Å². The van der Waals surface area contributed by atoms with Crippen LogP contribution in [-0.2, 0) is 11.3 Å². The molecule has 0 saturated carbocycles. The van der Waals surface area contributed by atoms with Gasteiger partial charge < -0.3 is 14.6 Å². The van der Waals surface area contributed by atoms with Crippen LogP contribution >= 0.6 is 0 Å². The topological polar surface area (TPSA) is 88.3 Å². The van der Waals surface area contributed by atoms with Crippen molar-refractivity contribution in [1.29, 1.82) is 0 Å². The third-order valence-electron chi connectivity index (χ3n) is 3.43. The second-order valence-corrected chi connectivity index (χ2v) is 5.44. The molecule has 2 rings (SSSR count). The van der Waals surface area contributed by atoms with Crippen molar-refractivity contribution in [3.8, 4) is 0 Å². The van der Waals surface area contributed by atoms with Crippen LogP contribution in [0.25, 0.3) is 0 Å². The van der Waals surface area contributed by atoms with Gasteiger partial charge in [0.25, 0.3) is 5.91 Å². The second kappa shape index (κ2) is 8.81. The number of nitrogens with zero attached hydrogens (tertiary/aromatic N) is 3. The van der Waals surface area contributed by atoms with Crippen LogP contribution in [0.2, 0.25) is 0 Å². The first kappa shape index (κ1) is 17.7. The van der Waals surface area contributed by atoms with E-state index in [4.69, 9.17) is 4.42 Å². The third-order valence-corrected chi connectivity index (χ3v) is 3.43. The quantitative estimate of drug-likeness (QED) is 0.799. The zero-order valence-electron chi connectivity index (χ0n) is 14.0. The monoisotopic (exact) mass is 330 g/mol. The Morgan fingerprint density at radius 3 is 2.71 bits per heavy atom. The maximum absolute atomic E-state index is 12.5. The average Bonchev–Trinajstić information content (AvgIpc) is 3.10. The maximum atomic E-state index is 12.5. The Morgan fingerprint density at radius 2 is 2.08 bits per heavy atom. The summed E-state index contributed by atoms with van der Waals surface area (Å²) in [5, 5.41) is 2.77. The van der Waals surface area contributed by atoms with Crippen LogP contribution in [0, 0.1) is 6.92 Å². The summed E-state index contributed by atoms with van der Waals surface area (Å²) < 4.78 is 5.16. The van der Waals surface area contributed by atoms with Gasteiger partial charge in [-0.15, -0.1) is 0 Å². The van der Waals surface area contributed by atoms with E-state index in [0.717, 1.165) is 12.1 Å². The van der Waals surface area contributed by atoms with Gasteiger partial charge in [0.05, 0.1) is 24.7 Å². The first-order valence-corrected chi connectivity index (χ1v) is 7.97. The van der Waals surface area contributed by atoms with Crippen molar-refractivity contribution >= 4 is 11.8 Å². The van der Waals surface area contributed by atoms with Crippen molar-refractivity contribution in [3.63, 3.8) is 0 Å². The lowest BCUT2D eigenvalue weighted by atomic mass is 10.3. The second-order valence-electron chi connectivity index (χ2n) is 5.44. The van der Waals surface area contributed by atoms with E-state index in [2.05, 4.69) is 15.3 Å². The molecule has 24 heavy (non-hydrogen) atoms. The number of carbonyl (C=O) groups is 2. The number of aryl methyl sites for hydroxylation is 1. The van der Waals surface area contributed by atoms with Crippen molar-refractivity contribution < 1.29 is 14.0 Å². The molecule has 0 aliphatic rings. The van der Waals surface area contributed by atoms with Gasteiger partial charge in [-0.25, -0.2) is 4.98 Å². The minimum Gasteiger partial charge on any atom is -0.467 e. The summed E-state index contributed by atoms with van der Waals surface area (Å²) in [7, 11) is 0. The fraction of sp³-hybridized carbons (Fsp3) is 0.412. The number of furan rings is 1. The minimum absolute atomic E-state index is 0.129. The van der Waals surface area contributed by atoms with Gasteiger partial charge in [0, 0.05) is 25.7 Å². The summed E-state index contributed by atoms with van der Waals surface area (Å²) in [6.07, 6.45) is 5.63. The predicted molar refractivity (Wildman–Crippen MR) is 88.1 cm³/mol. The van der Waals surface area contributed by atoms with Gasteiger partial charge in [-0.1, -0.05) is 6.92 Å². The van der Waals surface area contributed by atoms with Crippen LogP contribution in [-0.4, -0.2) is 39.8 Å². The number of nitrogens with one attached hydrogen (secondary N) is 1. The fourth-order valence-corrected chi connectivity index (χ4v) is 2.17. The molecule has 0 atom stereocenters. The molecule has 2 aromatic heterocycles. The molecule has 7 nitrogen and oxygen atoms in total. The molecule has 0 saturated heterocycles. The molecule has 2 amide bonds. The Kier molecular flexibility index (Phi) is 6.48. The summed E-state index contributed by atoms with van der Waals surface area (Å²) in [5.41, 5.74) is 1.05. The zero-order chi connectivity index (χ0) is 17.4. The fourth-order valence-electron chi connectivity index (χ4n) is 2.17. The van der Waals surface area contributed by atoms with Crippen LogP contribution < -0.4 is 5.32 Å². The van der Waals surface area contributed by atoms with E-state index in [1.807, 2.05) is 13.8 Å². The molecular weight excluding hydrogens is 308 g/mol. The summed E-state index contributed by atoms with van der Waals surface area (Å²) in [6, 6.07) is 3.56. The largest absolute Gasteiger partial charge is 0.467 e. The minimum atomic E-state index is -0.205. The summed E-state index contributed by atoms with van der Waals surface area (Å²) >= 11 is 0.